The molecule has 16 heavy (non-hydrogen) atoms. The number of nitrogens with two attached hydrogens (primary N) is 1. The number of anilines is 1. The zero-order valence-electron chi connectivity index (χ0n) is 10.7. The standard InChI is InChI=1S/C13H20N2O/c1-9-6-7-10(13(2,3)4)8-11(9)15(5)12(14)16/h6-8H,1-5H3,(H2,14,16). The van der Waals surface area contributed by atoms with Crippen LogP contribution in [0, 0.1) is 6.92 Å². The molecule has 0 saturated heterocycles. The third kappa shape index (κ3) is 2.54. The Hall–Kier alpha value is -1.51. The van der Waals surface area contributed by atoms with Gasteiger partial charge in [0.25, 0.3) is 0 Å². The number of nitrogens with zero attached hydrogens (tertiary/aromatic N) is 1. The highest BCUT2D eigenvalue weighted by Gasteiger charge is 2.17. The highest BCUT2D eigenvalue weighted by Crippen LogP contribution is 2.28. The molecule has 0 aliphatic rings. The third-order valence-corrected chi connectivity index (χ3v) is 2.77. The summed E-state index contributed by atoms with van der Waals surface area (Å²) >= 11 is 0. The number of carbonyl (C=O) groups is 1. The van der Waals surface area contributed by atoms with E-state index in [4.69, 9.17) is 5.73 Å². The van der Waals surface area contributed by atoms with E-state index in [-0.39, 0.29) is 5.41 Å². The number of benzene rings is 1. The molecule has 2 amide bonds. The molecule has 0 saturated carbocycles. The Morgan fingerprint density at radius 1 is 1.31 bits per heavy atom. The monoisotopic (exact) mass is 220 g/mol. The first kappa shape index (κ1) is 12.6. The molecule has 0 atom stereocenters. The van der Waals surface area contributed by atoms with Gasteiger partial charge in [-0.15, -0.1) is 0 Å². The van der Waals surface area contributed by atoms with Crippen LogP contribution >= 0.6 is 0 Å². The number of rotatable bonds is 1. The Morgan fingerprint density at radius 3 is 2.31 bits per heavy atom. The molecule has 0 aliphatic carbocycles. The highest BCUT2D eigenvalue weighted by molar-refractivity contribution is 5.91. The quantitative estimate of drug-likeness (QED) is 0.777. The zero-order chi connectivity index (χ0) is 12.5. The molecule has 3 nitrogen and oxygen atoms in total. The van der Waals surface area contributed by atoms with Gasteiger partial charge in [-0.2, -0.15) is 0 Å². The van der Waals surface area contributed by atoms with Crippen molar-refractivity contribution >= 4 is 11.7 Å². The molecule has 0 radical (unpaired) electrons. The van der Waals surface area contributed by atoms with Crippen LogP contribution in [0.15, 0.2) is 18.2 Å². The van der Waals surface area contributed by atoms with E-state index in [9.17, 15) is 4.79 Å². The van der Waals surface area contributed by atoms with Crippen molar-refractivity contribution < 1.29 is 4.79 Å². The van der Waals surface area contributed by atoms with Gasteiger partial charge in [-0.1, -0.05) is 32.9 Å². The maximum absolute atomic E-state index is 11.2. The molecule has 0 bridgehead atoms. The molecular weight excluding hydrogens is 200 g/mol. The fourth-order valence-electron chi connectivity index (χ4n) is 1.56. The SMILES string of the molecule is Cc1ccc(C(C)(C)C)cc1N(C)C(N)=O. The van der Waals surface area contributed by atoms with Crippen LogP contribution in [0.5, 0.6) is 0 Å². The topological polar surface area (TPSA) is 46.3 Å². The second-order valence-corrected chi connectivity index (χ2v) is 5.15. The molecule has 0 aromatic heterocycles. The fourth-order valence-corrected chi connectivity index (χ4v) is 1.56. The lowest BCUT2D eigenvalue weighted by molar-refractivity contribution is 0.255. The second-order valence-electron chi connectivity index (χ2n) is 5.15. The summed E-state index contributed by atoms with van der Waals surface area (Å²) in [5.74, 6) is 0. The van der Waals surface area contributed by atoms with Crippen LogP contribution in [0.2, 0.25) is 0 Å². The van der Waals surface area contributed by atoms with Gasteiger partial charge in [-0.3, -0.25) is 4.90 Å². The van der Waals surface area contributed by atoms with E-state index in [1.165, 1.54) is 10.5 Å². The molecule has 1 aromatic rings. The minimum absolute atomic E-state index is 0.0704. The van der Waals surface area contributed by atoms with Crippen LogP contribution in [0.3, 0.4) is 0 Å². The predicted molar refractivity (Wildman–Crippen MR) is 67.9 cm³/mol. The molecule has 0 heterocycles. The van der Waals surface area contributed by atoms with E-state index < -0.39 is 6.03 Å². The molecular formula is C13H20N2O. The number of hydrogen-bond acceptors (Lipinski definition) is 1. The Morgan fingerprint density at radius 2 is 1.88 bits per heavy atom. The van der Waals surface area contributed by atoms with Gasteiger partial charge in [0.05, 0.1) is 0 Å². The predicted octanol–water partition coefficient (Wildman–Crippen LogP) is 2.81. The zero-order valence-corrected chi connectivity index (χ0v) is 10.7. The first-order valence-electron chi connectivity index (χ1n) is 5.38. The Balaban J connectivity index is 3.24. The van der Waals surface area contributed by atoms with Crippen molar-refractivity contribution in [1.82, 2.24) is 0 Å². The Labute approximate surface area is 97.2 Å². The van der Waals surface area contributed by atoms with E-state index >= 15 is 0 Å². The average Bonchev–Trinajstić information content (AvgIpc) is 2.15. The fraction of sp³-hybridized carbons (Fsp3) is 0.462. The summed E-state index contributed by atoms with van der Waals surface area (Å²) in [6.45, 7) is 8.41. The van der Waals surface area contributed by atoms with Gasteiger partial charge in [-0.05, 0) is 29.5 Å². The smallest absolute Gasteiger partial charge is 0.319 e. The van der Waals surface area contributed by atoms with Gasteiger partial charge < -0.3 is 5.73 Å². The van der Waals surface area contributed by atoms with Crippen LogP contribution in [0.25, 0.3) is 0 Å². The Bertz CT molecular complexity index is 405. The summed E-state index contributed by atoms with van der Waals surface area (Å²) in [6, 6.07) is 5.71. The van der Waals surface area contributed by atoms with Crippen molar-refractivity contribution in [3.05, 3.63) is 29.3 Å². The molecule has 88 valence electrons. The van der Waals surface area contributed by atoms with Gasteiger partial charge in [0.15, 0.2) is 0 Å². The number of urea groups is 1. The average molecular weight is 220 g/mol. The number of hydrogen-bond donors (Lipinski definition) is 1. The van der Waals surface area contributed by atoms with E-state index in [2.05, 4.69) is 26.8 Å². The van der Waals surface area contributed by atoms with Crippen LogP contribution in [-0.4, -0.2) is 13.1 Å². The molecule has 1 aromatic carbocycles. The van der Waals surface area contributed by atoms with Crippen LogP contribution in [-0.2, 0) is 5.41 Å². The number of carbonyl (C=O) groups excluding carboxylic acids is 1. The molecule has 1 rings (SSSR count). The maximum Gasteiger partial charge on any atom is 0.319 e. The van der Waals surface area contributed by atoms with Crippen molar-refractivity contribution in [1.29, 1.82) is 0 Å². The molecule has 0 spiro atoms. The summed E-state index contributed by atoms with van der Waals surface area (Å²) in [7, 11) is 1.69. The normalized spacial score (nSPS) is 11.3. The lowest BCUT2D eigenvalue weighted by Gasteiger charge is -2.23. The first-order valence-corrected chi connectivity index (χ1v) is 5.38. The van der Waals surface area contributed by atoms with E-state index in [0.29, 0.717) is 0 Å². The first-order chi connectivity index (χ1) is 7.23. The summed E-state index contributed by atoms with van der Waals surface area (Å²) < 4.78 is 0. The summed E-state index contributed by atoms with van der Waals surface area (Å²) in [5.41, 5.74) is 8.47. The van der Waals surface area contributed by atoms with Crippen molar-refractivity contribution in [3.63, 3.8) is 0 Å². The minimum atomic E-state index is -0.436. The molecule has 0 aliphatic heterocycles. The largest absolute Gasteiger partial charge is 0.351 e. The molecule has 0 fully saturated rings. The number of amides is 2. The summed E-state index contributed by atoms with van der Waals surface area (Å²) in [4.78, 5) is 12.6. The summed E-state index contributed by atoms with van der Waals surface area (Å²) in [5, 5.41) is 0. The highest BCUT2D eigenvalue weighted by atomic mass is 16.2. The van der Waals surface area contributed by atoms with Crippen molar-refractivity contribution in [2.45, 2.75) is 33.1 Å². The molecule has 0 unspecified atom stereocenters. The van der Waals surface area contributed by atoms with E-state index in [1.807, 2.05) is 19.1 Å². The minimum Gasteiger partial charge on any atom is -0.351 e. The van der Waals surface area contributed by atoms with Crippen LogP contribution in [0.1, 0.15) is 31.9 Å². The number of primary amides is 1. The van der Waals surface area contributed by atoms with Gasteiger partial charge in [0, 0.05) is 12.7 Å². The van der Waals surface area contributed by atoms with Crippen molar-refractivity contribution in [2.75, 3.05) is 11.9 Å². The van der Waals surface area contributed by atoms with Crippen LogP contribution in [0.4, 0.5) is 10.5 Å². The van der Waals surface area contributed by atoms with Gasteiger partial charge >= 0.3 is 6.03 Å². The molecule has 2 N–H and O–H groups in total. The number of aryl methyl sites for hydroxylation is 1. The van der Waals surface area contributed by atoms with Crippen molar-refractivity contribution in [2.24, 2.45) is 5.73 Å². The Kier molecular flexibility index (Phi) is 3.27. The second kappa shape index (κ2) is 4.16. The maximum atomic E-state index is 11.2. The summed E-state index contributed by atoms with van der Waals surface area (Å²) in [6.07, 6.45) is 0. The third-order valence-electron chi connectivity index (χ3n) is 2.77. The van der Waals surface area contributed by atoms with E-state index in [1.54, 1.807) is 7.05 Å². The van der Waals surface area contributed by atoms with Gasteiger partial charge in [0.1, 0.15) is 0 Å². The lowest BCUT2D eigenvalue weighted by atomic mass is 9.86. The van der Waals surface area contributed by atoms with Gasteiger partial charge in [0.2, 0.25) is 0 Å². The lowest BCUT2D eigenvalue weighted by Crippen LogP contribution is -2.32. The van der Waals surface area contributed by atoms with Crippen LogP contribution < -0.4 is 10.6 Å². The van der Waals surface area contributed by atoms with Gasteiger partial charge in [-0.25, -0.2) is 4.79 Å². The van der Waals surface area contributed by atoms with E-state index in [0.717, 1.165) is 11.3 Å². The molecule has 3 heteroatoms. The van der Waals surface area contributed by atoms with Crippen molar-refractivity contribution in [3.8, 4) is 0 Å².